The van der Waals surface area contributed by atoms with Crippen LogP contribution in [0.4, 0.5) is 4.79 Å². The number of rotatable bonds is 8. The summed E-state index contributed by atoms with van der Waals surface area (Å²) in [5.74, 6) is 0.581. The highest BCUT2D eigenvalue weighted by Crippen LogP contribution is 2.26. The minimum absolute atomic E-state index is 0.286. The van der Waals surface area contributed by atoms with Crippen molar-refractivity contribution in [1.82, 2.24) is 5.32 Å². The van der Waals surface area contributed by atoms with Crippen LogP contribution in [0.2, 0.25) is 0 Å². The molecule has 7 nitrogen and oxygen atoms in total. The summed E-state index contributed by atoms with van der Waals surface area (Å²) < 4.78 is 34.3. The minimum Gasteiger partial charge on any atom is -0.493 e. The van der Waals surface area contributed by atoms with Crippen LogP contribution >= 0.6 is 11.8 Å². The molecule has 1 aliphatic rings. The molecule has 0 atom stereocenters. The lowest BCUT2D eigenvalue weighted by Crippen LogP contribution is -2.19. The molecule has 2 aromatic rings. The van der Waals surface area contributed by atoms with Crippen LogP contribution in [0.1, 0.15) is 25.0 Å². The Morgan fingerprint density at radius 2 is 1.63 bits per heavy atom. The van der Waals surface area contributed by atoms with Gasteiger partial charge in [0, 0.05) is 6.42 Å². The van der Waals surface area contributed by atoms with Gasteiger partial charge in [-0.2, -0.15) is 8.42 Å². The van der Waals surface area contributed by atoms with Crippen LogP contribution in [0.15, 0.2) is 53.4 Å². The van der Waals surface area contributed by atoms with Crippen molar-refractivity contribution in [1.29, 1.82) is 0 Å². The molecule has 30 heavy (non-hydrogen) atoms. The van der Waals surface area contributed by atoms with E-state index in [0.717, 1.165) is 22.9 Å². The van der Waals surface area contributed by atoms with E-state index < -0.39 is 15.4 Å². The number of hydrogen-bond acceptors (Lipinski definition) is 7. The van der Waals surface area contributed by atoms with Gasteiger partial charge in [0.05, 0.1) is 16.8 Å². The van der Waals surface area contributed by atoms with Crippen molar-refractivity contribution in [2.24, 2.45) is 0 Å². The molecule has 0 saturated carbocycles. The molecule has 2 amide bonds. The van der Waals surface area contributed by atoms with Crippen LogP contribution < -0.4 is 14.2 Å². The fraction of sp³-hybridized carbons (Fsp3) is 0.238. The van der Waals surface area contributed by atoms with E-state index in [1.54, 1.807) is 68.5 Å². The highest BCUT2D eigenvalue weighted by Gasteiger charge is 2.24. The van der Waals surface area contributed by atoms with E-state index in [-0.39, 0.29) is 16.9 Å². The summed E-state index contributed by atoms with van der Waals surface area (Å²) in [6, 6.07) is 14.0. The Bertz CT molecular complexity index is 1060. The Hall–Kier alpha value is -2.78. The second-order valence-electron chi connectivity index (χ2n) is 6.79. The standard InChI is InChI=1S/C21H21NO6S2/c1-14(2)30(25,26)28-18-9-3-15(4-10-18)11-12-27-17-7-5-16(6-8-17)13-19-20(23)22-21(24)29-19/h3-10,13-14H,11-12H2,1-2H3,(H,22,23,24). The number of thioether (sulfide) groups is 1. The van der Waals surface area contributed by atoms with Crippen LogP contribution in [0.3, 0.4) is 0 Å². The smallest absolute Gasteiger partial charge is 0.311 e. The number of carbonyl (C=O) groups is 2. The average molecular weight is 448 g/mol. The van der Waals surface area contributed by atoms with Crippen molar-refractivity contribution in [3.8, 4) is 11.5 Å². The first-order valence-corrected chi connectivity index (χ1v) is 11.5. The van der Waals surface area contributed by atoms with Gasteiger partial charge in [0.2, 0.25) is 0 Å². The zero-order chi connectivity index (χ0) is 21.7. The van der Waals surface area contributed by atoms with E-state index in [2.05, 4.69) is 5.32 Å². The number of imide groups is 1. The fourth-order valence-corrected chi connectivity index (χ4v) is 3.72. The van der Waals surface area contributed by atoms with Crippen LogP contribution in [-0.2, 0) is 21.3 Å². The van der Waals surface area contributed by atoms with Crippen LogP contribution in [-0.4, -0.2) is 31.4 Å². The molecular formula is C21H21NO6S2. The van der Waals surface area contributed by atoms with E-state index in [0.29, 0.717) is 23.7 Å². The van der Waals surface area contributed by atoms with E-state index in [4.69, 9.17) is 8.92 Å². The summed E-state index contributed by atoms with van der Waals surface area (Å²) >= 11 is 0.877. The number of carbonyl (C=O) groups excluding carboxylic acids is 2. The van der Waals surface area contributed by atoms with Crippen molar-refractivity contribution in [2.75, 3.05) is 6.61 Å². The summed E-state index contributed by atoms with van der Waals surface area (Å²) in [7, 11) is -3.60. The molecular weight excluding hydrogens is 426 g/mol. The molecule has 0 aliphatic carbocycles. The molecule has 2 aromatic carbocycles. The highest BCUT2D eigenvalue weighted by molar-refractivity contribution is 8.18. The van der Waals surface area contributed by atoms with Gasteiger partial charge in [-0.15, -0.1) is 0 Å². The Labute approximate surface area is 179 Å². The lowest BCUT2D eigenvalue weighted by Gasteiger charge is -2.10. The maximum Gasteiger partial charge on any atom is 0.311 e. The monoisotopic (exact) mass is 447 g/mol. The third-order valence-electron chi connectivity index (χ3n) is 4.19. The molecule has 1 saturated heterocycles. The summed E-state index contributed by atoms with van der Waals surface area (Å²) in [5, 5.41) is 1.24. The molecule has 0 unspecified atom stereocenters. The van der Waals surface area contributed by atoms with Gasteiger partial charge in [-0.3, -0.25) is 14.9 Å². The van der Waals surface area contributed by atoms with Crippen molar-refractivity contribution in [3.63, 3.8) is 0 Å². The molecule has 1 fully saturated rings. The summed E-state index contributed by atoms with van der Waals surface area (Å²) in [6.07, 6.45) is 2.29. The van der Waals surface area contributed by atoms with Gasteiger partial charge < -0.3 is 8.92 Å². The first-order valence-electron chi connectivity index (χ1n) is 9.23. The third-order valence-corrected chi connectivity index (χ3v) is 6.58. The molecule has 0 bridgehead atoms. The van der Waals surface area contributed by atoms with Crippen molar-refractivity contribution in [2.45, 2.75) is 25.5 Å². The van der Waals surface area contributed by atoms with E-state index in [9.17, 15) is 18.0 Å². The summed E-state index contributed by atoms with van der Waals surface area (Å²) in [4.78, 5) is 23.1. The van der Waals surface area contributed by atoms with E-state index in [1.165, 1.54) is 0 Å². The molecule has 1 heterocycles. The predicted octanol–water partition coefficient (Wildman–Crippen LogP) is 3.75. The fourth-order valence-electron chi connectivity index (χ4n) is 2.46. The van der Waals surface area contributed by atoms with Crippen LogP contribution in [0.25, 0.3) is 6.08 Å². The normalized spacial score (nSPS) is 15.5. The van der Waals surface area contributed by atoms with Gasteiger partial charge in [0.15, 0.2) is 0 Å². The van der Waals surface area contributed by atoms with Gasteiger partial charge in [-0.25, -0.2) is 0 Å². The molecule has 9 heteroatoms. The number of amides is 2. The highest BCUT2D eigenvalue weighted by atomic mass is 32.2. The Morgan fingerprint density at radius 3 is 2.20 bits per heavy atom. The lowest BCUT2D eigenvalue weighted by atomic mass is 10.1. The second kappa shape index (κ2) is 9.36. The first-order chi connectivity index (χ1) is 14.2. The number of nitrogens with one attached hydrogen (secondary N) is 1. The van der Waals surface area contributed by atoms with Crippen LogP contribution in [0.5, 0.6) is 11.5 Å². The number of hydrogen-bond donors (Lipinski definition) is 1. The quantitative estimate of drug-likeness (QED) is 0.486. The molecule has 0 radical (unpaired) electrons. The predicted molar refractivity (Wildman–Crippen MR) is 116 cm³/mol. The summed E-state index contributed by atoms with van der Waals surface area (Å²) in [5.41, 5.74) is 1.78. The summed E-state index contributed by atoms with van der Waals surface area (Å²) in [6.45, 7) is 3.57. The molecule has 3 rings (SSSR count). The van der Waals surface area contributed by atoms with Gasteiger partial charge >= 0.3 is 10.1 Å². The Kier molecular flexibility index (Phi) is 6.84. The Balaban J connectivity index is 1.50. The van der Waals surface area contributed by atoms with E-state index in [1.807, 2.05) is 0 Å². The van der Waals surface area contributed by atoms with Gasteiger partial charge in [-0.1, -0.05) is 24.3 Å². The van der Waals surface area contributed by atoms with Gasteiger partial charge in [-0.05, 0) is 67.1 Å². The minimum atomic E-state index is -3.60. The molecule has 1 aliphatic heterocycles. The SMILES string of the molecule is CC(C)S(=O)(=O)Oc1ccc(CCOc2ccc(C=C3SC(=O)NC3=O)cc2)cc1. The largest absolute Gasteiger partial charge is 0.493 e. The maximum atomic E-state index is 11.8. The molecule has 0 spiro atoms. The third kappa shape index (κ3) is 5.87. The number of benzene rings is 2. The molecule has 1 N–H and O–H groups in total. The molecule has 0 aromatic heterocycles. The average Bonchev–Trinajstić information content (AvgIpc) is 3.01. The first kappa shape index (κ1) is 21.9. The van der Waals surface area contributed by atoms with Crippen molar-refractivity contribution < 1.29 is 26.9 Å². The van der Waals surface area contributed by atoms with Crippen LogP contribution in [0, 0.1) is 0 Å². The zero-order valence-electron chi connectivity index (χ0n) is 16.5. The van der Waals surface area contributed by atoms with Gasteiger partial charge in [0.25, 0.3) is 11.1 Å². The maximum absolute atomic E-state index is 11.8. The van der Waals surface area contributed by atoms with Gasteiger partial charge in [0.1, 0.15) is 11.5 Å². The Morgan fingerprint density at radius 1 is 1.00 bits per heavy atom. The second-order valence-corrected chi connectivity index (χ2v) is 9.90. The van der Waals surface area contributed by atoms with Crippen molar-refractivity contribution >= 4 is 39.1 Å². The topological polar surface area (TPSA) is 98.8 Å². The number of ether oxygens (including phenoxy) is 1. The van der Waals surface area contributed by atoms with Crippen molar-refractivity contribution in [3.05, 3.63) is 64.6 Å². The lowest BCUT2D eigenvalue weighted by molar-refractivity contribution is -0.115. The van der Waals surface area contributed by atoms with E-state index >= 15 is 0 Å². The zero-order valence-corrected chi connectivity index (χ0v) is 18.1. The molecule has 158 valence electrons.